The highest BCUT2D eigenvalue weighted by atomic mass is 16.2. The summed E-state index contributed by atoms with van der Waals surface area (Å²) in [5, 5.41) is 5.93. The number of carbonyl (C=O) groups excluding carboxylic acids is 1. The van der Waals surface area contributed by atoms with Crippen LogP contribution in [-0.2, 0) is 4.79 Å². The topological polar surface area (TPSA) is 47.6 Å². The zero-order chi connectivity index (χ0) is 14.3. The molecule has 0 saturated carbocycles. The molecule has 0 fully saturated rings. The summed E-state index contributed by atoms with van der Waals surface area (Å²) in [7, 11) is 7.87. The molecule has 0 atom stereocenters. The second-order valence-corrected chi connectivity index (χ2v) is 4.92. The highest BCUT2D eigenvalue weighted by Crippen LogP contribution is 2.12. The number of nitrogens with zero attached hydrogens (tertiary/aromatic N) is 2. The van der Waals surface area contributed by atoms with Crippen molar-refractivity contribution in [3.63, 3.8) is 0 Å². The summed E-state index contributed by atoms with van der Waals surface area (Å²) < 4.78 is 0. The molecule has 0 spiro atoms. The minimum absolute atomic E-state index is 0.0125. The SMILES string of the molecule is CNc1ccc(NC(=O)CN(C)CCN(C)C)cc1. The van der Waals surface area contributed by atoms with E-state index in [4.69, 9.17) is 0 Å². The molecule has 0 aliphatic heterocycles. The lowest BCUT2D eigenvalue weighted by Gasteiger charge is -2.18. The summed E-state index contributed by atoms with van der Waals surface area (Å²) >= 11 is 0. The van der Waals surface area contributed by atoms with Gasteiger partial charge < -0.3 is 15.5 Å². The van der Waals surface area contributed by atoms with Crippen molar-refractivity contribution >= 4 is 17.3 Å². The van der Waals surface area contributed by atoms with Crippen molar-refractivity contribution in [3.8, 4) is 0 Å². The molecule has 5 nitrogen and oxygen atoms in total. The molecule has 0 aliphatic rings. The van der Waals surface area contributed by atoms with Crippen LogP contribution in [0.5, 0.6) is 0 Å². The number of carbonyl (C=O) groups is 1. The predicted molar refractivity (Wildman–Crippen MR) is 80.7 cm³/mol. The fourth-order valence-electron chi connectivity index (χ4n) is 1.62. The molecule has 0 saturated heterocycles. The molecule has 5 heteroatoms. The van der Waals surface area contributed by atoms with Crippen molar-refractivity contribution in [2.75, 3.05) is 58.5 Å². The first kappa shape index (κ1) is 15.5. The van der Waals surface area contributed by atoms with Gasteiger partial charge in [0.2, 0.25) is 5.91 Å². The molecule has 1 rings (SSSR count). The standard InChI is InChI=1S/C14H24N4O/c1-15-12-5-7-13(8-6-12)16-14(19)11-18(4)10-9-17(2)3/h5-8,15H,9-11H2,1-4H3,(H,16,19). The molecule has 1 amide bonds. The van der Waals surface area contributed by atoms with Gasteiger partial charge in [-0.25, -0.2) is 0 Å². The monoisotopic (exact) mass is 264 g/mol. The Balaban J connectivity index is 2.37. The van der Waals surface area contributed by atoms with Gasteiger partial charge in [-0.1, -0.05) is 0 Å². The number of hydrogen-bond acceptors (Lipinski definition) is 4. The van der Waals surface area contributed by atoms with E-state index in [0.717, 1.165) is 24.5 Å². The first-order valence-corrected chi connectivity index (χ1v) is 6.42. The van der Waals surface area contributed by atoms with Crippen LogP contribution in [0.4, 0.5) is 11.4 Å². The molecular formula is C14H24N4O. The molecule has 0 radical (unpaired) electrons. The van der Waals surface area contributed by atoms with Gasteiger partial charge >= 0.3 is 0 Å². The average molecular weight is 264 g/mol. The third-order valence-electron chi connectivity index (χ3n) is 2.80. The normalized spacial score (nSPS) is 10.8. The Morgan fingerprint density at radius 1 is 1.05 bits per heavy atom. The van der Waals surface area contributed by atoms with Crippen LogP contribution in [0.1, 0.15) is 0 Å². The lowest BCUT2D eigenvalue weighted by atomic mass is 10.3. The van der Waals surface area contributed by atoms with E-state index >= 15 is 0 Å². The van der Waals surface area contributed by atoms with Crippen LogP contribution in [0.25, 0.3) is 0 Å². The Hall–Kier alpha value is -1.59. The number of benzene rings is 1. The molecule has 1 aromatic rings. The smallest absolute Gasteiger partial charge is 0.238 e. The van der Waals surface area contributed by atoms with Crippen LogP contribution < -0.4 is 10.6 Å². The minimum atomic E-state index is 0.0125. The molecule has 0 aromatic heterocycles. The van der Waals surface area contributed by atoms with Crippen molar-refractivity contribution < 1.29 is 4.79 Å². The molecule has 2 N–H and O–H groups in total. The second-order valence-electron chi connectivity index (χ2n) is 4.92. The summed E-state index contributed by atoms with van der Waals surface area (Å²) in [4.78, 5) is 16.0. The van der Waals surface area contributed by atoms with Gasteiger partial charge in [-0.05, 0) is 45.4 Å². The van der Waals surface area contributed by atoms with Crippen LogP contribution in [-0.4, -0.2) is 63.5 Å². The Bertz CT molecular complexity index is 389. The van der Waals surface area contributed by atoms with Gasteiger partial charge in [0.05, 0.1) is 6.54 Å². The molecule has 0 unspecified atom stereocenters. The van der Waals surface area contributed by atoms with Crippen molar-refractivity contribution in [2.24, 2.45) is 0 Å². The van der Waals surface area contributed by atoms with Gasteiger partial charge in [0, 0.05) is 31.5 Å². The molecule has 0 aliphatic carbocycles. The van der Waals surface area contributed by atoms with E-state index in [9.17, 15) is 4.79 Å². The molecule has 0 heterocycles. The van der Waals surface area contributed by atoms with Crippen molar-refractivity contribution in [2.45, 2.75) is 0 Å². The average Bonchev–Trinajstić information content (AvgIpc) is 2.37. The van der Waals surface area contributed by atoms with E-state index in [-0.39, 0.29) is 5.91 Å². The van der Waals surface area contributed by atoms with Gasteiger partial charge in [0.15, 0.2) is 0 Å². The van der Waals surface area contributed by atoms with Crippen LogP contribution in [0.15, 0.2) is 24.3 Å². The van der Waals surface area contributed by atoms with Crippen LogP contribution in [0.3, 0.4) is 0 Å². The minimum Gasteiger partial charge on any atom is -0.388 e. The first-order valence-electron chi connectivity index (χ1n) is 6.42. The largest absolute Gasteiger partial charge is 0.388 e. The Morgan fingerprint density at radius 2 is 1.63 bits per heavy atom. The number of hydrogen-bond donors (Lipinski definition) is 2. The maximum atomic E-state index is 11.8. The van der Waals surface area contributed by atoms with Crippen molar-refractivity contribution in [1.82, 2.24) is 9.80 Å². The fourth-order valence-corrected chi connectivity index (χ4v) is 1.62. The quantitative estimate of drug-likeness (QED) is 0.776. The van der Waals surface area contributed by atoms with Gasteiger partial charge in [0.25, 0.3) is 0 Å². The number of rotatable bonds is 7. The van der Waals surface area contributed by atoms with Gasteiger partial charge in [-0.3, -0.25) is 9.69 Å². The third kappa shape index (κ3) is 6.22. The van der Waals surface area contributed by atoms with E-state index < -0.39 is 0 Å². The van der Waals surface area contributed by atoms with Gasteiger partial charge in [-0.15, -0.1) is 0 Å². The Morgan fingerprint density at radius 3 is 2.16 bits per heavy atom. The van der Waals surface area contributed by atoms with E-state index in [0.29, 0.717) is 6.54 Å². The molecule has 0 bridgehead atoms. The summed E-state index contributed by atoms with van der Waals surface area (Å²) in [5.41, 5.74) is 1.85. The van der Waals surface area contributed by atoms with Crippen molar-refractivity contribution in [3.05, 3.63) is 24.3 Å². The van der Waals surface area contributed by atoms with Crippen LogP contribution in [0, 0.1) is 0 Å². The first-order chi connectivity index (χ1) is 9.01. The Labute approximate surface area is 115 Å². The number of anilines is 2. The Kier molecular flexibility index (Phi) is 6.32. The lowest BCUT2D eigenvalue weighted by Crippen LogP contribution is -2.34. The summed E-state index contributed by atoms with van der Waals surface area (Å²) in [6.07, 6.45) is 0. The molecule has 1 aromatic carbocycles. The van der Waals surface area contributed by atoms with Gasteiger partial charge in [-0.2, -0.15) is 0 Å². The number of likely N-dealkylation sites (N-methyl/N-ethyl adjacent to an activating group) is 2. The zero-order valence-electron chi connectivity index (χ0n) is 12.2. The molecular weight excluding hydrogens is 240 g/mol. The van der Waals surface area contributed by atoms with Crippen molar-refractivity contribution in [1.29, 1.82) is 0 Å². The van der Waals surface area contributed by atoms with Crippen LogP contribution >= 0.6 is 0 Å². The highest BCUT2D eigenvalue weighted by Gasteiger charge is 2.07. The molecule has 106 valence electrons. The number of nitrogens with one attached hydrogen (secondary N) is 2. The second kappa shape index (κ2) is 7.76. The number of amides is 1. The summed E-state index contributed by atoms with van der Waals surface area (Å²) in [5.74, 6) is 0.0125. The van der Waals surface area contributed by atoms with E-state index in [1.165, 1.54) is 0 Å². The predicted octanol–water partition coefficient (Wildman–Crippen LogP) is 1.16. The summed E-state index contributed by atoms with van der Waals surface area (Å²) in [6, 6.07) is 7.66. The fraction of sp³-hybridized carbons (Fsp3) is 0.500. The van der Waals surface area contributed by atoms with Crippen LogP contribution in [0.2, 0.25) is 0 Å². The van der Waals surface area contributed by atoms with Gasteiger partial charge in [0.1, 0.15) is 0 Å². The lowest BCUT2D eigenvalue weighted by molar-refractivity contribution is -0.117. The molecule has 19 heavy (non-hydrogen) atoms. The van der Waals surface area contributed by atoms with E-state index in [1.807, 2.05) is 57.4 Å². The maximum absolute atomic E-state index is 11.8. The zero-order valence-corrected chi connectivity index (χ0v) is 12.2. The van der Waals surface area contributed by atoms with E-state index in [2.05, 4.69) is 15.5 Å². The highest BCUT2D eigenvalue weighted by molar-refractivity contribution is 5.92. The maximum Gasteiger partial charge on any atom is 0.238 e. The summed E-state index contributed by atoms with van der Waals surface area (Å²) in [6.45, 7) is 2.22. The third-order valence-corrected chi connectivity index (χ3v) is 2.80. The van der Waals surface area contributed by atoms with E-state index in [1.54, 1.807) is 0 Å².